The van der Waals surface area contributed by atoms with Gasteiger partial charge in [0.2, 0.25) is 11.8 Å². The SMILES string of the molecule is CC(=O)N(CCC(=O)N1CCN(c2cccc(C)c2)CC1)c1ccc(C)cc1. The van der Waals surface area contributed by atoms with E-state index in [1.807, 2.05) is 36.1 Å². The van der Waals surface area contributed by atoms with E-state index in [-0.39, 0.29) is 11.8 Å². The molecule has 0 aliphatic carbocycles. The number of piperazine rings is 1. The molecule has 0 radical (unpaired) electrons. The molecular weight excluding hydrogens is 350 g/mol. The molecule has 1 saturated heterocycles. The van der Waals surface area contributed by atoms with Crippen LogP contribution in [0, 0.1) is 13.8 Å². The lowest BCUT2D eigenvalue weighted by Crippen LogP contribution is -2.49. The highest BCUT2D eigenvalue weighted by atomic mass is 16.2. The third-order valence-corrected chi connectivity index (χ3v) is 5.27. The zero-order chi connectivity index (χ0) is 20.1. The molecule has 28 heavy (non-hydrogen) atoms. The second-order valence-electron chi connectivity index (χ2n) is 7.46. The lowest BCUT2D eigenvalue weighted by atomic mass is 10.2. The summed E-state index contributed by atoms with van der Waals surface area (Å²) < 4.78 is 0. The Hall–Kier alpha value is -2.82. The first-order valence-electron chi connectivity index (χ1n) is 9.88. The van der Waals surface area contributed by atoms with Crippen molar-refractivity contribution in [3.63, 3.8) is 0 Å². The summed E-state index contributed by atoms with van der Waals surface area (Å²) in [7, 11) is 0. The number of aryl methyl sites for hydroxylation is 2. The summed E-state index contributed by atoms with van der Waals surface area (Å²) in [5.41, 5.74) is 4.45. The summed E-state index contributed by atoms with van der Waals surface area (Å²) in [5, 5.41) is 0. The van der Waals surface area contributed by atoms with Gasteiger partial charge in [-0.15, -0.1) is 0 Å². The Morgan fingerprint density at radius 2 is 1.61 bits per heavy atom. The first-order valence-corrected chi connectivity index (χ1v) is 9.88. The molecule has 0 atom stereocenters. The Balaban J connectivity index is 1.53. The molecule has 1 heterocycles. The number of hydrogen-bond donors (Lipinski definition) is 0. The van der Waals surface area contributed by atoms with Crippen molar-refractivity contribution in [3.05, 3.63) is 59.7 Å². The quantitative estimate of drug-likeness (QED) is 0.800. The van der Waals surface area contributed by atoms with E-state index >= 15 is 0 Å². The highest BCUT2D eigenvalue weighted by Gasteiger charge is 2.22. The van der Waals surface area contributed by atoms with Crippen LogP contribution >= 0.6 is 0 Å². The van der Waals surface area contributed by atoms with E-state index in [0.717, 1.165) is 37.4 Å². The maximum Gasteiger partial charge on any atom is 0.224 e. The first-order chi connectivity index (χ1) is 13.4. The number of anilines is 2. The predicted molar refractivity (Wildman–Crippen MR) is 114 cm³/mol. The van der Waals surface area contributed by atoms with Crippen LogP contribution in [0.15, 0.2) is 48.5 Å². The normalized spacial score (nSPS) is 14.1. The number of hydrogen-bond acceptors (Lipinski definition) is 3. The molecule has 148 valence electrons. The van der Waals surface area contributed by atoms with Crippen molar-refractivity contribution >= 4 is 23.2 Å². The van der Waals surface area contributed by atoms with Crippen LogP contribution in [-0.4, -0.2) is 49.4 Å². The average Bonchev–Trinajstić information content (AvgIpc) is 2.69. The molecule has 0 aromatic heterocycles. The van der Waals surface area contributed by atoms with E-state index in [2.05, 4.69) is 36.1 Å². The summed E-state index contributed by atoms with van der Waals surface area (Å²) in [6.45, 7) is 9.18. The second-order valence-corrected chi connectivity index (χ2v) is 7.46. The van der Waals surface area contributed by atoms with E-state index in [0.29, 0.717) is 13.0 Å². The summed E-state index contributed by atoms with van der Waals surface area (Å²) in [4.78, 5) is 30.6. The molecule has 1 fully saturated rings. The monoisotopic (exact) mass is 379 g/mol. The highest BCUT2D eigenvalue weighted by molar-refractivity contribution is 5.92. The number of carbonyl (C=O) groups excluding carboxylic acids is 2. The molecule has 5 heteroatoms. The number of rotatable bonds is 5. The number of carbonyl (C=O) groups is 2. The molecule has 2 aromatic carbocycles. The van der Waals surface area contributed by atoms with Gasteiger partial charge in [-0.25, -0.2) is 0 Å². The zero-order valence-electron chi connectivity index (χ0n) is 17.0. The fraction of sp³-hybridized carbons (Fsp3) is 0.391. The maximum atomic E-state index is 12.7. The van der Waals surface area contributed by atoms with Gasteiger partial charge in [0.1, 0.15) is 0 Å². The van der Waals surface area contributed by atoms with Crippen molar-refractivity contribution in [1.82, 2.24) is 4.90 Å². The van der Waals surface area contributed by atoms with Crippen LogP contribution in [-0.2, 0) is 9.59 Å². The third-order valence-electron chi connectivity index (χ3n) is 5.27. The molecule has 1 aliphatic rings. The Morgan fingerprint density at radius 3 is 2.21 bits per heavy atom. The first kappa shape index (κ1) is 19.9. The van der Waals surface area contributed by atoms with Crippen molar-refractivity contribution in [2.75, 3.05) is 42.5 Å². The maximum absolute atomic E-state index is 12.7. The van der Waals surface area contributed by atoms with E-state index in [1.165, 1.54) is 11.3 Å². The van der Waals surface area contributed by atoms with E-state index < -0.39 is 0 Å². The fourth-order valence-corrected chi connectivity index (χ4v) is 3.60. The molecular formula is C23H29N3O2. The minimum absolute atomic E-state index is 0.0408. The Labute approximate surface area is 167 Å². The molecule has 0 saturated carbocycles. The molecule has 1 aliphatic heterocycles. The average molecular weight is 380 g/mol. The summed E-state index contributed by atoms with van der Waals surface area (Å²) >= 11 is 0. The Bertz CT molecular complexity index is 824. The van der Waals surface area contributed by atoms with Crippen molar-refractivity contribution in [2.24, 2.45) is 0 Å². The van der Waals surface area contributed by atoms with Crippen LogP contribution in [0.25, 0.3) is 0 Å². The zero-order valence-corrected chi connectivity index (χ0v) is 17.0. The Kier molecular flexibility index (Phi) is 6.34. The van der Waals surface area contributed by atoms with E-state index in [9.17, 15) is 9.59 Å². The van der Waals surface area contributed by atoms with Crippen LogP contribution in [0.3, 0.4) is 0 Å². The van der Waals surface area contributed by atoms with Crippen LogP contribution < -0.4 is 9.80 Å². The van der Waals surface area contributed by atoms with Gasteiger partial charge >= 0.3 is 0 Å². The van der Waals surface area contributed by atoms with Crippen molar-refractivity contribution in [2.45, 2.75) is 27.2 Å². The molecule has 0 spiro atoms. The largest absolute Gasteiger partial charge is 0.368 e. The lowest BCUT2D eigenvalue weighted by Gasteiger charge is -2.36. The topological polar surface area (TPSA) is 43.9 Å². The summed E-state index contributed by atoms with van der Waals surface area (Å²) in [5.74, 6) is 0.0724. The minimum atomic E-state index is -0.0408. The highest BCUT2D eigenvalue weighted by Crippen LogP contribution is 2.19. The van der Waals surface area contributed by atoms with Gasteiger partial charge in [0.15, 0.2) is 0 Å². The second kappa shape index (κ2) is 8.91. The molecule has 0 unspecified atom stereocenters. The van der Waals surface area contributed by atoms with Gasteiger partial charge in [0.25, 0.3) is 0 Å². The van der Waals surface area contributed by atoms with Gasteiger partial charge < -0.3 is 14.7 Å². The van der Waals surface area contributed by atoms with Crippen molar-refractivity contribution in [3.8, 4) is 0 Å². The third kappa shape index (κ3) is 4.91. The van der Waals surface area contributed by atoms with Crippen LogP contribution in [0.4, 0.5) is 11.4 Å². The molecule has 5 nitrogen and oxygen atoms in total. The van der Waals surface area contributed by atoms with Crippen LogP contribution in [0.2, 0.25) is 0 Å². The van der Waals surface area contributed by atoms with Gasteiger partial charge in [-0.3, -0.25) is 9.59 Å². The number of benzene rings is 2. The molecule has 0 bridgehead atoms. The van der Waals surface area contributed by atoms with Crippen molar-refractivity contribution < 1.29 is 9.59 Å². The predicted octanol–water partition coefficient (Wildman–Crippen LogP) is 3.40. The number of amides is 2. The van der Waals surface area contributed by atoms with Crippen LogP contribution in [0.5, 0.6) is 0 Å². The van der Waals surface area contributed by atoms with Crippen LogP contribution in [0.1, 0.15) is 24.5 Å². The molecule has 2 amide bonds. The van der Waals surface area contributed by atoms with E-state index in [1.54, 1.807) is 11.8 Å². The molecule has 2 aromatic rings. The fourth-order valence-electron chi connectivity index (χ4n) is 3.60. The van der Waals surface area contributed by atoms with Gasteiger partial charge in [-0.1, -0.05) is 29.8 Å². The molecule has 0 N–H and O–H groups in total. The van der Waals surface area contributed by atoms with Gasteiger partial charge in [0.05, 0.1) is 0 Å². The smallest absolute Gasteiger partial charge is 0.224 e. The summed E-state index contributed by atoms with van der Waals surface area (Å²) in [6.07, 6.45) is 0.345. The minimum Gasteiger partial charge on any atom is -0.368 e. The standard InChI is InChI=1S/C23H29N3O2/c1-18-7-9-21(10-8-18)26(20(3)27)12-11-23(28)25-15-13-24(14-16-25)22-6-4-5-19(2)17-22/h4-10,17H,11-16H2,1-3H3. The van der Waals surface area contributed by atoms with Gasteiger partial charge in [0, 0.05) is 57.4 Å². The van der Waals surface area contributed by atoms with Crippen molar-refractivity contribution in [1.29, 1.82) is 0 Å². The molecule has 3 rings (SSSR count). The lowest BCUT2D eigenvalue weighted by molar-refractivity contribution is -0.131. The number of nitrogens with zero attached hydrogens (tertiary/aromatic N) is 3. The van der Waals surface area contributed by atoms with Gasteiger partial charge in [-0.2, -0.15) is 0 Å². The van der Waals surface area contributed by atoms with Gasteiger partial charge in [-0.05, 0) is 43.7 Å². The van der Waals surface area contributed by atoms with E-state index in [4.69, 9.17) is 0 Å². The Morgan fingerprint density at radius 1 is 0.929 bits per heavy atom. The summed E-state index contributed by atoms with van der Waals surface area (Å²) in [6, 6.07) is 16.3.